The van der Waals surface area contributed by atoms with Crippen molar-refractivity contribution in [3.8, 4) is 11.4 Å². The number of rotatable bonds is 7. The van der Waals surface area contributed by atoms with Gasteiger partial charge >= 0.3 is 5.97 Å². The summed E-state index contributed by atoms with van der Waals surface area (Å²) in [5.41, 5.74) is 1.83. The molecule has 2 N–H and O–H groups in total. The molecule has 0 aliphatic rings. The third-order valence-corrected chi connectivity index (χ3v) is 3.74. The smallest absolute Gasteiger partial charge is 0.320 e. The molecule has 0 fully saturated rings. The Labute approximate surface area is 130 Å². The molecule has 0 aliphatic carbocycles. The molecular weight excluding hydrogens is 278 g/mol. The Hall–Kier alpha value is -2.27. The SMILES string of the molecule is CC[C@H](C)[C@@H](NCc1cnc(-c2ccccc2)nc1)C(=O)O. The predicted octanol–water partition coefficient (Wildman–Crippen LogP) is 2.73. The van der Waals surface area contributed by atoms with Gasteiger partial charge < -0.3 is 5.11 Å². The zero-order valence-corrected chi connectivity index (χ0v) is 12.9. The number of carboxylic acid groups (broad SMARTS) is 1. The van der Waals surface area contributed by atoms with Gasteiger partial charge in [0.1, 0.15) is 6.04 Å². The van der Waals surface area contributed by atoms with Gasteiger partial charge in [-0.15, -0.1) is 0 Å². The molecular formula is C17H21N3O2. The number of carboxylic acids is 1. The van der Waals surface area contributed by atoms with Crippen LogP contribution in [-0.2, 0) is 11.3 Å². The molecule has 2 aromatic rings. The lowest BCUT2D eigenvalue weighted by molar-refractivity contribution is -0.140. The standard InChI is InChI=1S/C17H21N3O2/c1-3-12(2)15(17(21)22)18-9-13-10-19-16(20-11-13)14-7-5-4-6-8-14/h4-8,10-12,15,18H,3,9H2,1-2H3,(H,21,22)/t12-,15+/m0/s1. The summed E-state index contributed by atoms with van der Waals surface area (Å²) in [5.74, 6) is -0.0840. The van der Waals surface area contributed by atoms with Crippen LogP contribution >= 0.6 is 0 Å². The molecule has 2 rings (SSSR count). The fraction of sp³-hybridized carbons (Fsp3) is 0.353. The van der Waals surface area contributed by atoms with Gasteiger partial charge in [0.2, 0.25) is 0 Å². The third-order valence-electron chi connectivity index (χ3n) is 3.74. The van der Waals surface area contributed by atoms with Crippen LogP contribution in [0.2, 0.25) is 0 Å². The van der Waals surface area contributed by atoms with Crippen LogP contribution in [0.5, 0.6) is 0 Å². The normalized spacial score (nSPS) is 13.5. The Morgan fingerprint density at radius 1 is 1.23 bits per heavy atom. The molecule has 5 heteroatoms. The van der Waals surface area contributed by atoms with E-state index >= 15 is 0 Å². The van der Waals surface area contributed by atoms with Gasteiger partial charge in [-0.1, -0.05) is 50.6 Å². The molecule has 1 aromatic heterocycles. The van der Waals surface area contributed by atoms with Crippen LogP contribution in [0.3, 0.4) is 0 Å². The van der Waals surface area contributed by atoms with Gasteiger partial charge in [-0.2, -0.15) is 0 Å². The van der Waals surface area contributed by atoms with Gasteiger partial charge in [-0.05, 0) is 5.92 Å². The van der Waals surface area contributed by atoms with Crippen molar-refractivity contribution >= 4 is 5.97 Å². The first kappa shape index (κ1) is 16.1. The zero-order chi connectivity index (χ0) is 15.9. The monoisotopic (exact) mass is 299 g/mol. The first-order valence-corrected chi connectivity index (χ1v) is 7.44. The maximum absolute atomic E-state index is 11.3. The van der Waals surface area contributed by atoms with Crippen LogP contribution in [0.15, 0.2) is 42.7 Å². The minimum atomic E-state index is -0.823. The second kappa shape index (κ2) is 7.66. The van der Waals surface area contributed by atoms with E-state index in [9.17, 15) is 9.90 Å². The topological polar surface area (TPSA) is 75.1 Å². The average Bonchev–Trinajstić information content (AvgIpc) is 2.56. The van der Waals surface area contributed by atoms with Crippen LogP contribution in [0.4, 0.5) is 0 Å². The molecule has 0 unspecified atom stereocenters. The molecule has 0 saturated heterocycles. The van der Waals surface area contributed by atoms with E-state index in [0.29, 0.717) is 12.4 Å². The second-order valence-electron chi connectivity index (χ2n) is 5.36. The van der Waals surface area contributed by atoms with Crippen LogP contribution in [0.1, 0.15) is 25.8 Å². The minimum Gasteiger partial charge on any atom is -0.480 e. The van der Waals surface area contributed by atoms with Gasteiger partial charge in [0.05, 0.1) is 0 Å². The molecule has 2 atom stereocenters. The highest BCUT2D eigenvalue weighted by molar-refractivity contribution is 5.73. The van der Waals surface area contributed by atoms with Gasteiger partial charge in [-0.3, -0.25) is 10.1 Å². The van der Waals surface area contributed by atoms with Crippen molar-refractivity contribution in [3.63, 3.8) is 0 Å². The summed E-state index contributed by atoms with van der Waals surface area (Å²) >= 11 is 0. The van der Waals surface area contributed by atoms with Crippen molar-refractivity contribution in [2.75, 3.05) is 0 Å². The third kappa shape index (κ3) is 4.11. The average molecular weight is 299 g/mol. The molecule has 22 heavy (non-hydrogen) atoms. The Kier molecular flexibility index (Phi) is 5.61. The van der Waals surface area contributed by atoms with Gasteiger partial charge in [0, 0.05) is 30.1 Å². The summed E-state index contributed by atoms with van der Waals surface area (Å²) in [7, 11) is 0. The summed E-state index contributed by atoms with van der Waals surface area (Å²) in [6.45, 7) is 4.36. The zero-order valence-electron chi connectivity index (χ0n) is 12.9. The molecule has 0 saturated carbocycles. The van der Waals surface area contributed by atoms with E-state index in [0.717, 1.165) is 17.5 Å². The lowest BCUT2D eigenvalue weighted by Crippen LogP contribution is -2.41. The molecule has 116 valence electrons. The highest BCUT2D eigenvalue weighted by Gasteiger charge is 2.22. The number of nitrogens with zero attached hydrogens (tertiary/aromatic N) is 2. The molecule has 5 nitrogen and oxygen atoms in total. The number of hydrogen-bond acceptors (Lipinski definition) is 4. The number of aliphatic carboxylic acids is 1. The number of hydrogen-bond donors (Lipinski definition) is 2. The number of carbonyl (C=O) groups is 1. The Morgan fingerprint density at radius 2 is 1.86 bits per heavy atom. The molecule has 0 spiro atoms. The quantitative estimate of drug-likeness (QED) is 0.822. The summed E-state index contributed by atoms with van der Waals surface area (Å²) in [5, 5.41) is 12.3. The molecule has 1 heterocycles. The van der Waals surface area contributed by atoms with E-state index in [1.807, 2.05) is 44.2 Å². The van der Waals surface area contributed by atoms with Crippen molar-refractivity contribution in [1.82, 2.24) is 15.3 Å². The van der Waals surface area contributed by atoms with E-state index in [1.54, 1.807) is 12.4 Å². The van der Waals surface area contributed by atoms with Crippen LogP contribution in [0.25, 0.3) is 11.4 Å². The van der Waals surface area contributed by atoms with Crippen molar-refractivity contribution in [1.29, 1.82) is 0 Å². The Bertz CT molecular complexity index is 599. The molecule has 0 aliphatic heterocycles. The molecule has 0 amide bonds. The molecule has 1 aromatic carbocycles. The summed E-state index contributed by atoms with van der Waals surface area (Å²) in [4.78, 5) is 19.9. The van der Waals surface area contributed by atoms with Crippen molar-refractivity contribution < 1.29 is 9.90 Å². The van der Waals surface area contributed by atoms with E-state index in [-0.39, 0.29) is 5.92 Å². The maximum Gasteiger partial charge on any atom is 0.320 e. The van der Waals surface area contributed by atoms with Crippen molar-refractivity contribution in [3.05, 3.63) is 48.3 Å². The van der Waals surface area contributed by atoms with Crippen molar-refractivity contribution in [2.45, 2.75) is 32.9 Å². The number of nitrogens with one attached hydrogen (secondary N) is 1. The summed E-state index contributed by atoms with van der Waals surface area (Å²) in [6.07, 6.45) is 4.28. The number of benzene rings is 1. The predicted molar refractivity (Wildman–Crippen MR) is 85.2 cm³/mol. The van der Waals surface area contributed by atoms with Crippen molar-refractivity contribution in [2.24, 2.45) is 5.92 Å². The maximum atomic E-state index is 11.3. The van der Waals surface area contributed by atoms with E-state index < -0.39 is 12.0 Å². The Morgan fingerprint density at radius 3 is 2.41 bits per heavy atom. The first-order valence-electron chi connectivity index (χ1n) is 7.44. The highest BCUT2D eigenvalue weighted by atomic mass is 16.4. The van der Waals surface area contributed by atoms with Crippen LogP contribution in [0, 0.1) is 5.92 Å². The Balaban J connectivity index is 2.01. The fourth-order valence-corrected chi connectivity index (χ4v) is 2.18. The number of aromatic nitrogens is 2. The van der Waals surface area contributed by atoms with E-state index in [4.69, 9.17) is 0 Å². The van der Waals surface area contributed by atoms with Gasteiger partial charge in [-0.25, -0.2) is 9.97 Å². The molecule has 0 bridgehead atoms. The van der Waals surface area contributed by atoms with E-state index in [2.05, 4.69) is 15.3 Å². The van der Waals surface area contributed by atoms with Gasteiger partial charge in [0.15, 0.2) is 5.82 Å². The lowest BCUT2D eigenvalue weighted by Gasteiger charge is -2.20. The van der Waals surface area contributed by atoms with Crippen LogP contribution in [-0.4, -0.2) is 27.1 Å². The summed E-state index contributed by atoms with van der Waals surface area (Å²) < 4.78 is 0. The summed E-state index contributed by atoms with van der Waals surface area (Å²) in [6, 6.07) is 9.18. The fourth-order valence-electron chi connectivity index (χ4n) is 2.18. The molecule has 0 radical (unpaired) electrons. The second-order valence-corrected chi connectivity index (χ2v) is 5.36. The largest absolute Gasteiger partial charge is 0.480 e. The van der Waals surface area contributed by atoms with Gasteiger partial charge in [0.25, 0.3) is 0 Å². The first-order chi connectivity index (χ1) is 10.6. The van der Waals surface area contributed by atoms with E-state index in [1.165, 1.54) is 0 Å². The van der Waals surface area contributed by atoms with Crippen LogP contribution < -0.4 is 5.32 Å². The highest BCUT2D eigenvalue weighted by Crippen LogP contribution is 2.13. The minimum absolute atomic E-state index is 0.0713. The lowest BCUT2D eigenvalue weighted by atomic mass is 9.99.